The van der Waals surface area contributed by atoms with Gasteiger partial charge in [-0.3, -0.25) is 0 Å². The van der Waals surface area contributed by atoms with E-state index < -0.39 is 6.03 Å². The van der Waals surface area contributed by atoms with E-state index in [1.54, 1.807) is 0 Å². The highest BCUT2D eigenvalue weighted by Gasteiger charge is 2.52. The second-order valence-corrected chi connectivity index (χ2v) is 3.47. The van der Waals surface area contributed by atoms with E-state index >= 15 is 0 Å². The molecular formula is C6H11N3O2. The summed E-state index contributed by atoms with van der Waals surface area (Å²) in [6, 6.07) is -0.868. The molecule has 1 rings (SSSR count). The summed E-state index contributed by atoms with van der Waals surface area (Å²) in [5.41, 5.74) is 4.91. The van der Waals surface area contributed by atoms with Crippen LogP contribution in [0.1, 0.15) is 20.3 Å². The quantitative estimate of drug-likeness (QED) is 0.476. The molecule has 0 aromatic rings. The van der Waals surface area contributed by atoms with Gasteiger partial charge in [-0.05, 0) is 11.8 Å². The minimum atomic E-state index is -0.768. The summed E-state index contributed by atoms with van der Waals surface area (Å²) < 4.78 is 0. The summed E-state index contributed by atoms with van der Waals surface area (Å²) in [5.74, 6) is 0. The minimum Gasteiger partial charge on any atom is -0.350 e. The molecule has 2 N–H and O–H groups in total. The van der Waals surface area contributed by atoms with Crippen LogP contribution in [0.2, 0.25) is 0 Å². The zero-order valence-electron chi connectivity index (χ0n) is 6.57. The smallest absolute Gasteiger partial charge is 0.338 e. The van der Waals surface area contributed by atoms with Crippen LogP contribution in [0.15, 0.2) is 5.29 Å². The maximum absolute atomic E-state index is 10.6. The molecule has 1 saturated carbocycles. The fourth-order valence-corrected chi connectivity index (χ4v) is 1.11. The molecule has 5 nitrogen and oxygen atoms in total. The largest absolute Gasteiger partial charge is 0.350 e. The van der Waals surface area contributed by atoms with E-state index in [-0.39, 0.29) is 11.5 Å². The molecule has 0 bridgehead atoms. The third-order valence-corrected chi connectivity index (χ3v) is 2.07. The number of urea groups is 1. The average Bonchev–Trinajstić information content (AvgIpc) is 2.41. The van der Waals surface area contributed by atoms with Crippen molar-refractivity contribution in [2.24, 2.45) is 16.4 Å². The molecule has 1 unspecified atom stereocenters. The second kappa shape index (κ2) is 2.18. The maximum atomic E-state index is 10.6. The lowest BCUT2D eigenvalue weighted by Crippen LogP contribution is -2.34. The number of nitroso groups, excluding NO2 is 1. The molecule has 0 aliphatic heterocycles. The Morgan fingerprint density at radius 1 is 1.73 bits per heavy atom. The van der Waals surface area contributed by atoms with Gasteiger partial charge in [0.05, 0.1) is 11.3 Å². The lowest BCUT2D eigenvalue weighted by molar-refractivity contribution is 0.199. The Kier molecular flexibility index (Phi) is 1.58. The van der Waals surface area contributed by atoms with Crippen molar-refractivity contribution in [3.8, 4) is 0 Å². The predicted molar refractivity (Wildman–Crippen MR) is 39.4 cm³/mol. The van der Waals surface area contributed by atoms with Crippen molar-refractivity contribution in [1.82, 2.24) is 5.01 Å². The summed E-state index contributed by atoms with van der Waals surface area (Å²) in [6.45, 7) is 3.91. The molecule has 11 heavy (non-hydrogen) atoms. The minimum absolute atomic E-state index is 0.00292. The standard InChI is InChI=1S/C6H11N3O2/c1-6(2)3-4(6)9(8-11)5(7)10/h4H,3H2,1-2H3,(H2,7,10). The topological polar surface area (TPSA) is 75.8 Å². The molecule has 1 atom stereocenters. The first-order valence-electron chi connectivity index (χ1n) is 3.41. The van der Waals surface area contributed by atoms with E-state index in [4.69, 9.17) is 5.73 Å². The summed E-state index contributed by atoms with van der Waals surface area (Å²) in [5, 5.41) is 3.36. The molecule has 1 fully saturated rings. The predicted octanol–water partition coefficient (Wildman–Crippen LogP) is 0.847. The Hall–Kier alpha value is -1.13. The van der Waals surface area contributed by atoms with Crippen LogP contribution < -0.4 is 5.73 Å². The molecule has 0 heterocycles. The highest BCUT2D eigenvalue weighted by atomic mass is 16.3. The summed E-state index contributed by atoms with van der Waals surface area (Å²) in [4.78, 5) is 20.6. The fourth-order valence-electron chi connectivity index (χ4n) is 1.11. The molecule has 5 heteroatoms. The van der Waals surface area contributed by atoms with E-state index in [2.05, 4.69) is 5.29 Å². The molecule has 0 aromatic carbocycles. The van der Waals surface area contributed by atoms with Gasteiger partial charge >= 0.3 is 6.03 Å². The van der Waals surface area contributed by atoms with Crippen LogP contribution in [0.5, 0.6) is 0 Å². The number of nitrogens with zero attached hydrogens (tertiary/aromatic N) is 2. The molecule has 0 spiro atoms. The van der Waals surface area contributed by atoms with E-state index in [1.807, 2.05) is 13.8 Å². The van der Waals surface area contributed by atoms with Gasteiger partial charge in [0.1, 0.15) is 0 Å². The van der Waals surface area contributed by atoms with Crippen molar-refractivity contribution in [2.75, 3.05) is 0 Å². The van der Waals surface area contributed by atoms with Crippen molar-refractivity contribution in [2.45, 2.75) is 26.3 Å². The summed E-state index contributed by atoms with van der Waals surface area (Å²) in [6.07, 6.45) is 0.793. The van der Waals surface area contributed by atoms with Crippen LogP contribution in [-0.4, -0.2) is 17.1 Å². The van der Waals surface area contributed by atoms with Crippen LogP contribution in [-0.2, 0) is 0 Å². The van der Waals surface area contributed by atoms with E-state index in [0.29, 0.717) is 0 Å². The highest BCUT2D eigenvalue weighted by Crippen LogP contribution is 2.48. The Morgan fingerprint density at radius 3 is 2.27 bits per heavy atom. The number of rotatable bonds is 2. The van der Waals surface area contributed by atoms with E-state index in [1.165, 1.54) is 0 Å². The molecule has 1 aliphatic rings. The number of carbonyl (C=O) groups is 1. The average molecular weight is 157 g/mol. The maximum Gasteiger partial charge on any atom is 0.338 e. The lowest BCUT2D eigenvalue weighted by Gasteiger charge is -2.11. The number of hydrogen-bond donors (Lipinski definition) is 1. The highest BCUT2D eigenvalue weighted by molar-refractivity contribution is 5.72. The molecule has 62 valence electrons. The number of hydrogen-bond acceptors (Lipinski definition) is 3. The normalized spacial score (nSPS) is 25.8. The lowest BCUT2D eigenvalue weighted by atomic mass is 10.2. The Morgan fingerprint density at radius 2 is 2.18 bits per heavy atom. The first kappa shape index (κ1) is 7.97. The van der Waals surface area contributed by atoms with Gasteiger partial charge in [0.15, 0.2) is 0 Å². The van der Waals surface area contributed by atoms with Crippen LogP contribution >= 0.6 is 0 Å². The number of nitrogens with two attached hydrogens (primary N) is 1. The van der Waals surface area contributed by atoms with Gasteiger partial charge in [-0.15, -0.1) is 4.91 Å². The second-order valence-electron chi connectivity index (χ2n) is 3.47. The van der Waals surface area contributed by atoms with Crippen molar-refractivity contribution < 1.29 is 4.79 Å². The molecule has 0 saturated heterocycles. The van der Waals surface area contributed by atoms with Gasteiger partial charge in [-0.2, -0.15) is 5.01 Å². The Bertz CT molecular complexity index is 202. The van der Waals surface area contributed by atoms with Crippen LogP contribution in [0.3, 0.4) is 0 Å². The van der Waals surface area contributed by atoms with E-state index in [9.17, 15) is 9.70 Å². The van der Waals surface area contributed by atoms with Gasteiger partial charge in [-0.1, -0.05) is 13.8 Å². The third kappa shape index (κ3) is 1.31. The van der Waals surface area contributed by atoms with Crippen molar-refractivity contribution in [3.63, 3.8) is 0 Å². The first-order valence-corrected chi connectivity index (χ1v) is 3.41. The third-order valence-electron chi connectivity index (χ3n) is 2.07. The van der Waals surface area contributed by atoms with Crippen molar-refractivity contribution >= 4 is 6.03 Å². The van der Waals surface area contributed by atoms with Gasteiger partial charge in [0, 0.05) is 0 Å². The molecule has 1 aliphatic carbocycles. The monoisotopic (exact) mass is 157 g/mol. The summed E-state index contributed by atoms with van der Waals surface area (Å²) in [7, 11) is 0. The first-order chi connectivity index (χ1) is 4.99. The van der Waals surface area contributed by atoms with Crippen LogP contribution in [0.4, 0.5) is 4.79 Å². The Balaban J connectivity index is 2.60. The van der Waals surface area contributed by atoms with Gasteiger partial charge in [-0.25, -0.2) is 4.79 Å². The fraction of sp³-hybridized carbons (Fsp3) is 0.833. The Labute approximate surface area is 64.5 Å². The zero-order valence-corrected chi connectivity index (χ0v) is 6.57. The van der Waals surface area contributed by atoms with Crippen molar-refractivity contribution in [3.05, 3.63) is 4.91 Å². The molecule has 2 amide bonds. The SMILES string of the molecule is CC1(C)CC1N(N=O)C(N)=O. The summed E-state index contributed by atoms with van der Waals surface area (Å²) >= 11 is 0. The molecular weight excluding hydrogens is 146 g/mol. The number of primary amides is 1. The van der Waals surface area contributed by atoms with Gasteiger partial charge in [0.25, 0.3) is 0 Å². The van der Waals surface area contributed by atoms with E-state index in [0.717, 1.165) is 11.4 Å². The van der Waals surface area contributed by atoms with Crippen molar-refractivity contribution in [1.29, 1.82) is 0 Å². The van der Waals surface area contributed by atoms with Crippen LogP contribution in [0.25, 0.3) is 0 Å². The molecule has 0 aromatic heterocycles. The number of amides is 2. The molecule has 0 radical (unpaired) electrons. The van der Waals surface area contributed by atoms with Crippen LogP contribution in [0, 0.1) is 10.3 Å². The van der Waals surface area contributed by atoms with Gasteiger partial charge in [0.2, 0.25) is 0 Å². The van der Waals surface area contributed by atoms with Gasteiger partial charge < -0.3 is 5.73 Å². The number of carbonyl (C=O) groups excluding carboxylic acids is 1. The zero-order chi connectivity index (χ0) is 8.65.